The van der Waals surface area contributed by atoms with Gasteiger partial charge in [-0.1, -0.05) is 6.92 Å². The number of hydrogen-bond acceptors (Lipinski definition) is 3. The molecule has 18 heavy (non-hydrogen) atoms. The number of nitrogens with one attached hydrogen (secondary N) is 2. The number of carbonyl (C=O) groups is 1. The third-order valence-corrected chi connectivity index (χ3v) is 4.85. The van der Waals surface area contributed by atoms with Crippen molar-refractivity contribution in [1.82, 2.24) is 15.5 Å². The first-order valence-electron chi connectivity index (χ1n) is 7.55. The van der Waals surface area contributed by atoms with Crippen molar-refractivity contribution < 1.29 is 4.79 Å². The summed E-state index contributed by atoms with van der Waals surface area (Å²) in [6, 6.07) is 2.62. The van der Waals surface area contributed by atoms with Crippen molar-refractivity contribution in [3.8, 4) is 0 Å². The maximum atomic E-state index is 11.4. The van der Waals surface area contributed by atoms with E-state index in [1.165, 1.54) is 32.1 Å². The number of piperidine rings is 1. The highest BCUT2D eigenvalue weighted by molar-refractivity contribution is 5.78. The lowest BCUT2D eigenvalue weighted by Crippen LogP contribution is -2.53. The molecule has 3 saturated heterocycles. The highest BCUT2D eigenvalue weighted by Crippen LogP contribution is 2.38. The summed E-state index contributed by atoms with van der Waals surface area (Å²) >= 11 is 0. The number of amides is 1. The molecule has 0 radical (unpaired) electrons. The summed E-state index contributed by atoms with van der Waals surface area (Å²) < 4.78 is 0. The smallest absolute Gasteiger partial charge is 0.221 e. The second-order valence-electron chi connectivity index (χ2n) is 6.12. The van der Waals surface area contributed by atoms with Gasteiger partial charge in [0.05, 0.1) is 0 Å². The first kappa shape index (κ1) is 12.4. The molecule has 4 heteroatoms. The molecule has 2 bridgehead atoms. The Balaban J connectivity index is 1.61. The SMILES string of the molecule is CCCNC1CC2CCC(C1)N2C1CNC(=O)C1. The number of fused-ring (bicyclic) bond motifs is 2. The van der Waals surface area contributed by atoms with Crippen LogP contribution < -0.4 is 10.6 Å². The molecule has 0 aliphatic carbocycles. The van der Waals surface area contributed by atoms with Crippen LogP contribution in [0.15, 0.2) is 0 Å². The van der Waals surface area contributed by atoms with Gasteiger partial charge in [-0.3, -0.25) is 9.69 Å². The van der Waals surface area contributed by atoms with E-state index >= 15 is 0 Å². The fraction of sp³-hybridized carbons (Fsp3) is 0.929. The highest BCUT2D eigenvalue weighted by Gasteiger charge is 2.45. The van der Waals surface area contributed by atoms with E-state index in [0.717, 1.165) is 31.6 Å². The summed E-state index contributed by atoms with van der Waals surface area (Å²) in [5.41, 5.74) is 0. The van der Waals surface area contributed by atoms with Gasteiger partial charge < -0.3 is 10.6 Å². The van der Waals surface area contributed by atoms with Crippen LogP contribution >= 0.6 is 0 Å². The van der Waals surface area contributed by atoms with E-state index in [9.17, 15) is 4.79 Å². The van der Waals surface area contributed by atoms with Gasteiger partial charge in [-0.15, -0.1) is 0 Å². The Hall–Kier alpha value is -0.610. The van der Waals surface area contributed by atoms with Crippen molar-refractivity contribution in [2.45, 2.75) is 69.6 Å². The Morgan fingerprint density at radius 2 is 2.00 bits per heavy atom. The first-order chi connectivity index (χ1) is 8.78. The minimum absolute atomic E-state index is 0.241. The second kappa shape index (κ2) is 5.17. The Labute approximate surface area is 109 Å². The van der Waals surface area contributed by atoms with Gasteiger partial charge >= 0.3 is 0 Å². The van der Waals surface area contributed by atoms with Crippen LogP contribution in [-0.2, 0) is 4.79 Å². The van der Waals surface area contributed by atoms with E-state index in [1.54, 1.807) is 0 Å². The predicted octanol–water partition coefficient (Wildman–Crippen LogP) is 0.870. The van der Waals surface area contributed by atoms with Crippen molar-refractivity contribution in [3.63, 3.8) is 0 Å². The van der Waals surface area contributed by atoms with E-state index in [-0.39, 0.29) is 5.91 Å². The summed E-state index contributed by atoms with van der Waals surface area (Å²) in [6.07, 6.45) is 7.17. The van der Waals surface area contributed by atoms with Gasteiger partial charge in [-0.25, -0.2) is 0 Å². The monoisotopic (exact) mass is 251 g/mol. The molecule has 3 rings (SSSR count). The topological polar surface area (TPSA) is 44.4 Å². The molecule has 2 N–H and O–H groups in total. The highest BCUT2D eigenvalue weighted by atomic mass is 16.1. The van der Waals surface area contributed by atoms with Gasteiger partial charge in [0.1, 0.15) is 0 Å². The minimum Gasteiger partial charge on any atom is -0.354 e. The van der Waals surface area contributed by atoms with E-state index in [2.05, 4.69) is 22.5 Å². The van der Waals surface area contributed by atoms with Gasteiger partial charge in [0, 0.05) is 37.1 Å². The van der Waals surface area contributed by atoms with Crippen LogP contribution in [0.1, 0.15) is 45.4 Å². The average Bonchev–Trinajstić information content (AvgIpc) is 2.88. The Morgan fingerprint density at radius 1 is 1.28 bits per heavy atom. The van der Waals surface area contributed by atoms with Gasteiger partial charge in [0.25, 0.3) is 0 Å². The second-order valence-corrected chi connectivity index (χ2v) is 6.12. The molecule has 3 fully saturated rings. The van der Waals surface area contributed by atoms with Gasteiger partial charge in [-0.2, -0.15) is 0 Å². The van der Waals surface area contributed by atoms with Crippen LogP contribution in [0.3, 0.4) is 0 Å². The predicted molar refractivity (Wildman–Crippen MR) is 71.4 cm³/mol. The number of carbonyl (C=O) groups excluding carboxylic acids is 1. The molecule has 1 amide bonds. The van der Waals surface area contributed by atoms with Crippen molar-refractivity contribution in [2.75, 3.05) is 13.1 Å². The van der Waals surface area contributed by atoms with Crippen LogP contribution in [0, 0.1) is 0 Å². The van der Waals surface area contributed by atoms with Gasteiger partial charge in [0.15, 0.2) is 0 Å². The first-order valence-corrected chi connectivity index (χ1v) is 7.55. The summed E-state index contributed by atoms with van der Waals surface area (Å²) in [5, 5.41) is 6.67. The van der Waals surface area contributed by atoms with Gasteiger partial charge in [0.2, 0.25) is 5.91 Å². The lowest BCUT2D eigenvalue weighted by molar-refractivity contribution is -0.119. The fourth-order valence-corrected chi connectivity index (χ4v) is 4.13. The number of nitrogens with zero attached hydrogens (tertiary/aromatic N) is 1. The molecule has 0 aromatic rings. The number of rotatable bonds is 4. The summed E-state index contributed by atoms with van der Waals surface area (Å²) in [4.78, 5) is 14.1. The fourth-order valence-electron chi connectivity index (χ4n) is 4.13. The van der Waals surface area contributed by atoms with Crippen molar-refractivity contribution in [1.29, 1.82) is 0 Å². The third-order valence-electron chi connectivity index (χ3n) is 4.85. The van der Waals surface area contributed by atoms with E-state index < -0.39 is 0 Å². The molecular weight excluding hydrogens is 226 g/mol. The third kappa shape index (κ3) is 2.28. The van der Waals surface area contributed by atoms with E-state index in [0.29, 0.717) is 12.1 Å². The van der Waals surface area contributed by atoms with Crippen molar-refractivity contribution >= 4 is 5.91 Å². The van der Waals surface area contributed by atoms with Crippen LogP contribution in [0.4, 0.5) is 0 Å². The standard InChI is InChI=1S/C14H25N3O/c1-2-5-15-10-6-11-3-4-12(7-10)17(11)13-8-14(18)16-9-13/h10-13,15H,2-9H2,1H3,(H,16,18). The molecule has 3 aliphatic heterocycles. The van der Waals surface area contributed by atoms with Crippen LogP contribution in [-0.4, -0.2) is 48.1 Å². The molecule has 0 aromatic carbocycles. The minimum atomic E-state index is 0.241. The molecule has 3 heterocycles. The Kier molecular flexibility index (Phi) is 3.57. The largest absolute Gasteiger partial charge is 0.354 e. The molecular formula is C14H25N3O. The van der Waals surface area contributed by atoms with Crippen LogP contribution in [0.25, 0.3) is 0 Å². The summed E-state index contributed by atoms with van der Waals surface area (Å²) in [5.74, 6) is 0.241. The zero-order valence-electron chi connectivity index (χ0n) is 11.3. The summed E-state index contributed by atoms with van der Waals surface area (Å²) in [7, 11) is 0. The molecule has 0 spiro atoms. The average molecular weight is 251 g/mol. The Bertz CT molecular complexity index is 306. The van der Waals surface area contributed by atoms with Crippen LogP contribution in [0.2, 0.25) is 0 Å². The Morgan fingerprint density at radius 3 is 2.56 bits per heavy atom. The lowest BCUT2D eigenvalue weighted by atomic mass is 9.95. The molecule has 3 unspecified atom stereocenters. The number of hydrogen-bond donors (Lipinski definition) is 2. The normalized spacial score (nSPS) is 40.2. The summed E-state index contributed by atoms with van der Waals surface area (Å²) in [6.45, 7) is 4.25. The lowest BCUT2D eigenvalue weighted by Gasteiger charge is -2.42. The van der Waals surface area contributed by atoms with Gasteiger partial charge in [-0.05, 0) is 38.6 Å². The van der Waals surface area contributed by atoms with Crippen LogP contribution in [0.5, 0.6) is 0 Å². The van der Waals surface area contributed by atoms with E-state index in [1.807, 2.05) is 0 Å². The van der Waals surface area contributed by atoms with Crippen molar-refractivity contribution in [2.24, 2.45) is 0 Å². The molecule has 4 nitrogen and oxygen atoms in total. The molecule has 3 atom stereocenters. The maximum Gasteiger partial charge on any atom is 0.221 e. The van der Waals surface area contributed by atoms with E-state index in [4.69, 9.17) is 0 Å². The quantitative estimate of drug-likeness (QED) is 0.779. The maximum absolute atomic E-state index is 11.4. The zero-order chi connectivity index (χ0) is 12.5. The molecule has 0 saturated carbocycles. The molecule has 102 valence electrons. The zero-order valence-corrected chi connectivity index (χ0v) is 11.3. The van der Waals surface area contributed by atoms with Crippen molar-refractivity contribution in [3.05, 3.63) is 0 Å². The molecule has 0 aromatic heterocycles. The molecule has 3 aliphatic rings.